The lowest BCUT2D eigenvalue weighted by Gasteiger charge is -2.27. The molecule has 14 rings (SSSR count). The molecule has 0 bridgehead atoms. The van der Waals surface area contributed by atoms with Crippen molar-refractivity contribution >= 4 is 115 Å². The Morgan fingerprint density at radius 1 is 0.200 bits per heavy atom. The highest BCUT2D eigenvalue weighted by atomic mass is 31.0. The Morgan fingerprint density at radius 3 is 0.800 bits per heavy atom. The highest BCUT2D eigenvalue weighted by Crippen LogP contribution is 2.39. The number of anilines is 10. The number of para-hydroxylation sites is 5. The summed E-state index contributed by atoms with van der Waals surface area (Å²) in [5.41, 5.74) is 20.2. The van der Waals surface area contributed by atoms with E-state index in [0.29, 0.717) is 0 Å². The fourth-order valence-electron chi connectivity index (χ4n) is 11.3. The second kappa shape index (κ2) is 38.0. The third-order valence-electron chi connectivity index (χ3n) is 15.8. The third-order valence-corrected chi connectivity index (χ3v) is 15.8. The molecule has 0 radical (unpaired) electrons. The van der Waals surface area contributed by atoms with Gasteiger partial charge in [-0.3, -0.25) is 0 Å². The fourth-order valence-corrected chi connectivity index (χ4v) is 11.3. The van der Waals surface area contributed by atoms with Crippen molar-refractivity contribution < 1.29 is 0 Å². The van der Waals surface area contributed by atoms with Crippen LogP contribution in [0.5, 0.6) is 0 Å². The number of fused-ring (bicyclic) bond motifs is 2. The van der Waals surface area contributed by atoms with Gasteiger partial charge in [-0.1, -0.05) is 269 Å². The third kappa shape index (κ3) is 18.9. The molecule has 476 valence electrons. The van der Waals surface area contributed by atoms with Gasteiger partial charge in [-0.05, 0) is 172 Å². The Bertz CT molecular complexity index is 4410. The molecule has 0 aliphatic rings. The van der Waals surface area contributed by atoms with Gasteiger partial charge in [0.05, 0.1) is 0 Å². The average Bonchev–Trinajstić information content (AvgIpc) is 0.976. The Kier molecular flexibility index (Phi) is 28.6. The predicted octanol–water partition coefficient (Wildman–Crippen LogP) is 25.1. The molecule has 0 heterocycles. The lowest BCUT2D eigenvalue weighted by atomic mass is 9.96. The van der Waals surface area contributed by atoms with E-state index in [-0.39, 0.29) is 0 Å². The van der Waals surface area contributed by atoms with Crippen LogP contribution in [0, 0.1) is 6.92 Å². The van der Waals surface area contributed by atoms with Crippen LogP contribution in [-0.4, -0.2) is 40.8 Å². The summed E-state index contributed by atoms with van der Waals surface area (Å²) in [6, 6.07) is 126. The van der Waals surface area contributed by atoms with Crippen molar-refractivity contribution in [2.75, 3.05) is 60.4 Å². The van der Waals surface area contributed by atoms with Gasteiger partial charge in [-0.2, -0.15) is 0 Å². The first kappa shape index (κ1) is 71.4. The van der Waals surface area contributed by atoms with Gasteiger partial charge < -0.3 is 19.6 Å². The summed E-state index contributed by atoms with van der Waals surface area (Å²) in [5, 5.41) is 5.07. The lowest BCUT2D eigenvalue weighted by molar-refractivity contribution is 1.21. The zero-order valence-electron chi connectivity index (χ0n) is 55.7. The Morgan fingerprint density at radius 2 is 0.442 bits per heavy atom. The van der Waals surface area contributed by atoms with E-state index in [0.717, 1.165) is 39.8 Å². The van der Waals surface area contributed by atoms with Crippen LogP contribution < -0.4 is 19.6 Å². The van der Waals surface area contributed by atoms with Gasteiger partial charge in [-0.15, -0.1) is 37.0 Å². The molecule has 14 aromatic rings. The highest BCUT2D eigenvalue weighted by Gasteiger charge is 2.16. The molecule has 0 aliphatic carbocycles. The Balaban J connectivity index is 0.000000182. The van der Waals surface area contributed by atoms with Crippen molar-refractivity contribution in [2.45, 2.75) is 6.92 Å². The second-order valence-electron chi connectivity index (χ2n) is 21.6. The van der Waals surface area contributed by atoms with Gasteiger partial charge in [-0.25, -0.2) is 0 Å². The Hall–Kier alpha value is -9.48. The standard InChI is InChI=1S/C37H29N.C29H24N2.C17H15N.4CH5P/c1-28-11-8-12-30(25-28)32-14-10-16-34(27-32)33-15-9-13-31(26-33)29-21-23-37(24-22-29)38(35-17-4-2-5-18-35)36-19-6-3-7-20-36;1-30(29-18-10-12-23-11-8-9-17-28(23)29)24-19-21-27(22-20-24)31(25-13-4-2-5-14-25)26-15-6-3-7-16-26;1-18(15-10-3-2-4-11-15)17-13-7-9-14-8-5-6-12-16(14)17;4*1-2/h2-27H,1H3;2-22H,1H3;2-13H,1H3;4*2H2,1H3. The van der Waals surface area contributed by atoms with Gasteiger partial charge in [0.2, 0.25) is 0 Å². The van der Waals surface area contributed by atoms with Crippen LogP contribution in [0.3, 0.4) is 0 Å². The van der Waals surface area contributed by atoms with Crippen molar-refractivity contribution in [2.24, 2.45) is 0 Å². The van der Waals surface area contributed by atoms with Crippen LogP contribution in [0.15, 0.2) is 358 Å². The summed E-state index contributed by atoms with van der Waals surface area (Å²) in [5.74, 6) is 0. The summed E-state index contributed by atoms with van der Waals surface area (Å²) in [6.45, 7) is 9.81. The molecule has 0 fully saturated rings. The lowest BCUT2D eigenvalue weighted by Crippen LogP contribution is -2.12. The number of hydrogen-bond acceptors (Lipinski definition) is 4. The topological polar surface area (TPSA) is 13.0 Å². The zero-order chi connectivity index (χ0) is 67.2. The van der Waals surface area contributed by atoms with Gasteiger partial charge in [0.1, 0.15) is 0 Å². The molecule has 95 heavy (non-hydrogen) atoms. The monoisotopic (exact) mass is 1310 g/mol. The first-order chi connectivity index (χ1) is 46.9. The maximum atomic E-state index is 2.42. The van der Waals surface area contributed by atoms with E-state index in [4.69, 9.17) is 0 Å². The van der Waals surface area contributed by atoms with Crippen molar-refractivity contribution in [3.8, 4) is 33.4 Å². The number of benzene rings is 14. The van der Waals surface area contributed by atoms with E-state index in [1.807, 2.05) is 32.7 Å². The van der Waals surface area contributed by atoms with Crippen molar-refractivity contribution in [1.82, 2.24) is 0 Å². The van der Waals surface area contributed by atoms with Crippen molar-refractivity contribution in [1.29, 1.82) is 0 Å². The highest BCUT2D eigenvalue weighted by molar-refractivity contribution is 7.15. The maximum Gasteiger partial charge on any atom is 0.0487 e. The largest absolute Gasteiger partial charge is 0.344 e. The summed E-state index contributed by atoms with van der Waals surface area (Å²) in [4.78, 5) is 9.04. The summed E-state index contributed by atoms with van der Waals surface area (Å²) >= 11 is 0. The van der Waals surface area contributed by atoms with Crippen LogP contribution in [-0.2, 0) is 0 Å². The average molecular weight is 1310 g/mol. The molecular weight excluding hydrogens is 1220 g/mol. The van der Waals surface area contributed by atoms with Crippen LogP contribution in [0.1, 0.15) is 5.56 Å². The zero-order valence-corrected chi connectivity index (χ0v) is 60.3. The molecule has 0 saturated carbocycles. The summed E-state index contributed by atoms with van der Waals surface area (Å²) in [7, 11) is 13.9. The summed E-state index contributed by atoms with van der Waals surface area (Å²) < 4.78 is 0. The molecule has 4 atom stereocenters. The Labute approximate surface area is 575 Å². The van der Waals surface area contributed by atoms with E-state index in [9.17, 15) is 0 Å². The minimum absolute atomic E-state index is 1.13. The predicted molar refractivity (Wildman–Crippen MR) is 436 cm³/mol. The molecule has 4 nitrogen and oxygen atoms in total. The van der Waals surface area contributed by atoms with Crippen molar-refractivity contribution in [3.05, 3.63) is 363 Å². The SMILES string of the molecule is CN(c1ccc(N(c2ccccc2)c2ccccc2)cc1)c1cccc2ccccc12.CN(c1ccccc1)c1cccc2ccccc12.CP.CP.CP.CP.Cc1cccc(-c2cccc(-c3cccc(-c4ccc(N(c5ccccc5)c5ccccc5)cc4)c3)c2)c1. The van der Waals surface area contributed by atoms with E-state index >= 15 is 0 Å². The quantitative estimate of drug-likeness (QED) is 0.107. The van der Waals surface area contributed by atoms with Gasteiger partial charge in [0, 0.05) is 81.7 Å². The van der Waals surface area contributed by atoms with E-state index < -0.39 is 0 Å². The smallest absolute Gasteiger partial charge is 0.0487 e. The molecule has 0 spiro atoms. The molecule has 4 unspecified atom stereocenters. The molecule has 8 heteroatoms. The normalized spacial score (nSPS) is 10.1. The molecule has 0 aliphatic heterocycles. The number of rotatable bonds is 13. The fraction of sp³-hybridized carbons (Fsp3) is 0.0805. The molecule has 0 saturated heterocycles. The van der Waals surface area contributed by atoms with E-state index in [2.05, 4.69) is 429 Å². The molecule has 0 aromatic heterocycles. The van der Waals surface area contributed by atoms with Crippen LogP contribution in [0.2, 0.25) is 0 Å². The van der Waals surface area contributed by atoms with Crippen LogP contribution in [0.25, 0.3) is 54.9 Å². The maximum absolute atomic E-state index is 2.42. The van der Waals surface area contributed by atoms with Crippen LogP contribution >= 0.6 is 37.0 Å². The summed E-state index contributed by atoms with van der Waals surface area (Å²) in [6.07, 6.45) is 0. The first-order valence-corrected chi connectivity index (χ1v) is 36.6. The van der Waals surface area contributed by atoms with Gasteiger partial charge >= 0.3 is 0 Å². The molecule has 0 N–H and O–H groups in total. The van der Waals surface area contributed by atoms with Crippen molar-refractivity contribution in [3.63, 3.8) is 0 Å². The van der Waals surface area contributed by atoms with E-state index in [1.165, 1.54) is 77.6 Å². The molecule has 0 amide bonds. The molecule has 14 aromatic carbocycles. The minimum Gasteiger partial charge on any atom is -0.344 e. The second-order valence-corrected chi connectivity index (χ2v) is 21.6. The molecular formula is C87H88N4P4. The first-order valence-electron chi connectivity index (χ1n) is 32.0. The van der Waals surface area contributed by atoms with E-state index in [1.54, 1.807) is 0 Å². The van der Waals surface area contributed by atoms with Crippen LogP contribution in [0.4, 0.5) is 56.9 Å². The minimum atomic E-state index is 1.13. The van der Waals surface area contributed by atoms with Gasteiger partial charge in [0.25, 0.3) is 0 Å². The number of nitrogens with zero attached hydrogens (tertiary/aromatic N) is 4. The van der Waals surface area contributed by atoms with Gasteiger partial charge in [0.15, 0.2) is 0 Å². The number of hydrogen-bond donors (Lipinski definition) is 0. The number of aryl methyl sites for hydroxylation is 1.